The van der Waals surface area contributed by atoms with Gasteiger partial charge in [-0.05, 0) is 63.2 Å². The fourth-order valence-electron chi connectivity index (χ4n) is 6.98. The van der Waals surface area contributed by atoms with Crippen LogP contribution in [0.15, 0.2) is 138 Å². The second-order valence-electron chi connectivity index (χ2n) is 11.4. The number of nitrogens with zero attached hydrogens (tertiary/aromatic N) is 2. The zero-order valence-corrected chi connectivity index (χ0v) is 23.0. The van der Waals surface area contributed by atoms with Gasteiger partial charge >= 0.3 is 0 Å². The summed E-state index contributed by atoms with van der Waals surface area (Å²) in [5.74, 6) is 0. The Kier molecular flexibility index (Phi) is 4.45. The number of benzene rings is 7. The van der Waals surface area contributed by atoms with E-state index in [-0.39, 0.29) is 0 Å². The van der Waals surface area contributed by atoms with Gasteiger partial charge in [-0.1, -0.05) is 103 Å². The van der Waals surface area contributed by atoms with Crippen molar-refractivity contribution < 1.29 is 4.42 Å². The molecule has 1 aliphatic carbocycles. The lowest BCUT2D eigenvalue weighted by Crippen LogP contribution is -1.89. The fraction of sp³-hybridized carbons (Fsp3) is 0. The lowest BCUT2D eigenvalue weighted by molar-refractivity contribution is 0.670. The van der Waals surface area contributed by atoms with Gasteiger partial charge in [0.25, 0.3) is 0 Å². The van der Waals surface area contributed by atoms with Gasteiger partial charge in [-0.2, -0.15) is 0 Å². The van der Waals surface area contributed by atoms with Crippen molar-refractivity contribution >= 4 is 54.5 Å². The highest BCUT2D eigenvalue weighted by atomic mass is 16.3. The van der Waals surface area contributed by atoms with E-state index in [9.17, 15) is 0 Å². The molecule has 0 radical (unpaired) electrons. The highest BCUT2D eigenvalue weighted by Gasteiger charge is 2.26. The quantitative estimate of drug-likeness (QED) is 0.216. The third kappa shape index (κ3) is 3.19. The first-order chi connectivity index (χ1) is 21.3. The van der Waals surface area contributed by atoms with E-state index in [2.05, 4.69) is 97.1 Å². The molecule has 10 rings (SSSR count). The van der Waals surface area contributed by atoms with Gasteiger partial charge in [-0.15, -0.1) is 0 Å². The molecule has 0 spiro atoms. The lowest BCUT2D eigenvalue weighted by Gasteiger charge is -2.11. The highest BCUT2D eigenvalue weighted by molar-refractivity contribution is 6.18. The summed E-state index contributed by atoms with van der Waals surface area (Å²) in [5.41, 5.74) is 12.7. The molecule has 0 aliphatic heterocycles. The first-order valence-electron chi connectivity index (χ1n) is 14.6. The standard InChI is InChI=1S/C40H22N2O/c1-4-14-36-29(7-1)31-10-5-8-28(40(31)43-36)26-18-16-23-21-25(17-15-24(23)22-26)27-19-20-33-37-30(27)9-6-11-32(37)38-39(33)42-35-13-3-2-12-34(35)41-38/h1-22H. The van der Waals surface area contributed by atoms with Crippen LogP contribution >= 0.6 is 0 Å². The minimum Gasteiger partial charge on any atom is -0.455 e. The highest BCUT2D eigenvalue weighted by Crippen LogP contribution is 2.48. The fourth-order valence-corrected chi connectivity index (χ4v) is 6.98. The van der Waals surface area contributed by atoms with Gasteiger partial charge in [0.2, 0.25) is 0 Å². The van der Waals surface area contributed by atoms with Gasteiger partial charge in [-0.25, -0.2) is 9.97 Å². The summed E-state index contributed by atoms with van der Waals surface area (Å²) in [4.78, 5) is 10.1. The van der Waals surface area contributed by atoms with E-state index >= 15 is 0 Å². The molecular weight excluding hydrogens is 524 g/mol. The third-order valence-corrected chi connectivity index (χ3v) is 8.99. The second kappa shape index (κ2) is 8.37. The van der Waals surface area contributed by atoms with Crippen LogP contribution in [-0.2, 0) is 0 Å². The van der Waals surface area contributed by atoms with E-state index in [1.165, 1.54) is 32.7 Å². The molecule has 0 saturated heterocycles. The molecule has 0 bridgehead atoms. The van der Waals surface area contributed by atoms with Crippen LogP contribution in [0.25, 0.3) is 99.3 Å². The Bertz CT molecular complexity index is 2580. The third-order valence-electron chi connectivity index (χ3n) is 8.99. The molecular formula is C40H22N2O. The van der Waals surface area contributed by atoms with Crippen molar-refractivity contribution in [3.63, 3.8) is 0 Å². The second-order valence-corrected chi connectivity index (χ2v) is 11.4. The molecule has 0 fully saturated rings. The minimum atomic E-state index is 0.920. The van der Waals surface area contributed by atoms with Crippen LogP contribution in [-0.4, -0.2) is 9.97 Å². The molecule has 2 aromatic heterocycles. The summed E-state index contributed by atoms with van der Waals surface area (Å²) in [5, 5.41) is 7.17. The molecule has 0 atom stereocenters. The number of para-hydroxylation sites is 4. The summed E-state index contributed by atoms with van der Waals surface area (Å²) < 4.78 is 6.33. The van der Waals surface area contributed by atoms with E-state index in [1.54, 1.807) is 0 Å². The average molecular weight is 547 g/mol. The topological polar surface area (TPSA) is 38.9 Å². The van der Waals surface area contributed by atoms with Crippen molar-refractivity contribution in [1.29, 1.82) is 0 Å². The predicted molar refractivity (Wildman–Crippen MR) is 177 cm³/mol. The first-order valence-corrected chi connectivity index (χ1v) is 14.6. The van der Waals surface area contributed by atoms with Crippen molar-refractivity contribution in [1.82, 2.24) is 9.97 Å². The van der Waals surface area contributed by atoms with Crippen LogP contribution in [0.2, 0.25) is 0 Å². The summed E-state index contributed by atoms with van der Waals surface area (Å²) in [6, 6.07) is 47.3. The van der Waals surface area contributed by atoms with E-state index in [0.29, 0.717) is 0 Å². The molecule has 9 aromatic rings. The largest absolute Gasteiger partial charge is 0.455 e. The maximum Gasteiger partial charge on any atom is 0.143 e. The normalized spacial score (nSPS) is 12.2. The molecule has 3 heteroatoms. The molecule has 198 valence electrons. The van der Waals surface area contributed by atoms with Crippen molar-refractivity contribution in [3.8, 4) is 44.8 Å². The van der Waals surface area contributed by atoms with Gasteiger partial charge in [0.1, 0.15) is 11.2 Å². The van der Waals surface area contributed by atoms with Crippen molar-refractivity contribution in [3.05, 3.63) is 133 Å². The first kappa shape index (κ1) is 22.8. The van der Waals surface area contributed by atoms with Gasteiger partial charge < -0.3 is 4.42 Å². The summed E-state index contributed by atoms with van der Waals surface area (Å²) in [6.07, 6.45) is 0. The Morgan fingerprint density at radius 1 is 0.419 bits per heavy atom. The Morgan fingerprint density at radius 2 is 1.00 bits per heavy atom. The van der Waals surface area contributed by atoms with E-state index in [1.807, 2.05) is 36.4 Å². The molecule has 0 amide bonds. The van der Waals surface area contributed by atoms with Crippen LogP contribution < -0.4 is 0 Å². The Balaban J connectivity index is 1.11. The maximum absolute atomic E-state index is 6.33. The SMILES string of the molecule is c1ccc2nc3c(nc2c1)-c1cccc2c(-c4ccc5cc(-c6cccc7c6oc6ccccc67)ccc5c4)ccc-3c12. The average Bonchev–Trinajstić information content (AvgIpc) is 3.60. The number of furan rings is 1. The number of fused-ring (bicyclic) bond motifs is 8. The van der Waals surface area contributed by atoms with Gasteiger partial charge in [0.15, 0.2) is 0 Å². The molecule has 2 heterocycles. The molecule has 0 saturated carbocycles. The van der Waals surface area contributed by atoms with Crippen molar-refractivity contribution in [2.75, 3.05) is 0 Å². The molecule has 43 heavy (non-hydrogen) atoms. The molecule has 3 nitrogen and oxygen atoms in total. The van der Waals surface area contributed by atoms with Crippen LogP contribution in [0.1, 0.15) is 0 Å². The van der Waals surface area contributed by atoms with Crippen LogP contribution in [0.3, 0.4) is 0 Å². The minimum absolute atomic E-state index is 0.920. The zero-order chi connectivity index (χ0) is 28.1. The Labute approximate surface area is 246 Å². The van der Waals surface area contributed by atoms with Gasteiger partial charge in [0.05, 0.1) is 22.4 Å². The van der Waals surface area contributed by atoms with Crippen LogP contribution in [0.5, 0.6) is 0 Å². The van der Waals surface area contributed by atoms with Crippen LogP contribution in [0, 0.1) is 0 Å². The Hall–Kier alpha value is -5.80. The number of hydrogen-bond acceptors (Lipinski definition) is 3. The summed E-state index contributed by atoms with van der Waals surface area (Å²) >= 11 is 0. The predicted octanol–water partition coefficient (Wildman–Crippen LogP) is 10.8. The van der Waals surface area contributed by atoms with E-state index in [0.717, 1.165) is 66.6 Å². The van der Waals surface area contributed by atoms with Gasteiger partial charge in [-0.3, -0.25) is 0 Å². The number of rotatable bonds is 2. The molecule has 0 unspecified atom stereocenters. The summed E-state index contributed by atoms with van der Waals surface area (Å²) in [7, 11) is 0. The van der Waals surface area contributed by atoms with Crippen molar-refractivity contribution in [2.24, 2.45) is 0 Å². The molecule has 1 aliphatic rings. The van der Waals surface area contributed by atoms with Crippen molar-refractivity contribution in [2.45, 2.75) is 0 Å². The maximum atomic E-state index is 6.33. The molecule has 0 N–H and O–H groups in total. The number of hydrogen-bond donors (Lipinski definition) is 0. The van der Waals surface area contributed by atoms with E-state index < -0.39 is 0 Å². The summed E-state index contributed by atoms with van der Waals surface area (Å²) in [6.45, 7) is 0. The van der Waals surface area contributed by atoms with E-state index in [4.69, 9.17) is 14.4 Å². The Morgan fingerprint density at radius 3 is 1.77 bits per heavy atom. The zero-order valence-electron chi connectivity index (χ0n) is 23.0. The monoisotopic (exact) mass is 546 g/mol. The smallest absolute Gasteiger partial charge is 0.143 e. The molecule has 7 aromatic carbocycles. The number of aromatic nitrogens is 2. The van der Waals surface area contributed by atoms with Gasteiger partial charge in [0, 0.05) is 32.8 Å². The lowest BCUT2D eigenvalue weighted by atomic mass is 9.93. The van der Waals surface area contributed by atoms with Crippen LogP contribution in [0.4, 0.5) is 0 Å².